The molecule has 2 aromatic rings. The van der Waals surface area contributed by atoms with Crippen LogP contribution in [0.5, 0.6) is 0 Å². The van der Waals surface area contributed by atoms with E-state index in [-0.39, 0.29) is 0 Å². The second kappa shape index (κ2) is 11.2. The Labute approximate surface area is 190 Å². The first kappa shape index (κ1) is 22.4. The fourth-order valence-electron chi connectivity index (χ4n) is 4.48. The van der Waals surface area contributed by atoms with Crippen molar-refractivity contribution >= 4 is 28.5 Å². The summed E-state index contributed by atoms with van der Waals surface area (Å²) < 4.78 is 12.0. The van der Waals surface area contributed by atoms with E-state index in [0.717, 1.165) is 81.6 Å². The van der Waals surface area contributed by atoms with E-state index in [1.807, 2.05) is 18.2 Å². The number of aliphatic imine (C=N–C) groups is 1. The fourth-order valence-corrected chi connectivity index (χ4v) is 4.65. The van der Waals surface area contributed by atoms with Crippen molar-refractivity contribution in [2.45, 2.75) is 57.7 Å². The first-order chi connectivity index (χ1) is 15.2. The molecule has 1 atom stereocenters. The minimum absolute atomic E-state index is 0.296. The molecule has 2 fully saturated rings. The predicted molar refractivity (Wildman–Crippen MR) is 127 cm³/mol. The Bertz CT molecular complexity index is 854. The molecule has 2 aliphatic rings. The van der Waals surface area contributed by atoms with Crippen molar-refractivity contribution in [2.75, 3.05) is 39.4 Å². The summed E-state index contributed by atoms with van der Waals surface area (Å²) in [5.74, 6) is 1.01. The number of ether oxygens (including phenoxy) is 2. The van der Waals surface area contributed by atoms with Gasteiger partial charge in [-0.2, -0.15) is 0 Å². The number of likely N-dealkylation sites (tertiary alicyclic amines) is 1. The molecular weight excluding hydrogens is 412 g/mol. The average Bonchev–Trinajstić information content (AvgIpc) is 3.20. The van der Waals surface area contributed by atoms with Gasteiger partial charge in [-0.05, 0) is 69.2 Å². The SMILES string of the molecule is CCNC(=NCCc1c[nH]c2ccc(Cl)cc12)N1CCC(OCC2CCCCO2)CC1. The largest absolute Gasteiger partial charge is 0.376 e. The first-order valence-electron chi connectivity index (χ1n) is 11.7. The number of nitrogens with zero attached hydrogens (tertiary/aromatic N) is 2. The van der Waals surface area contributed by atoms with Crippen LogP contribution >= 0.6 is 11.6 Å². The lowest BCUT2D eigenvalue weighted by Gasteiger charge is -2.35. The minimum atomic E-state index is 0.296. The van der Waals surface area contributed by atoms with Crippen molar-refractivity contribution < 1.29 is 9.47 Å². The molecule has 0 aliphatic carbocycles. The quantitative estimate of drug-likeness (QED) is 0.489. The maximum Gasteiger partial charge on any atom is 0.193 e. The summed E-state index contributed by atoms with van der Waals surface area (Å²) in [4.78, 5) is 10.6. The molecule has 7 heteroatoms. The van der Waals surface area contributed by atoms with Crippen LogP contribution in [0, 0.1) is 0 Å². The summed E-state index contributed by atoms with van der Waals surface area (Å²) in [7, 11) is 0. The molecule has 2 saturated heterocycles. The van der Waals surface area contributed by atoms with Gasteiger partial charge >= 0.3 is 0 Å². The zero-order valence-electron chi connectivity index (χ0n) is 18.5. The molecule has 0 bridgehead atoms. The predicted octanol–water partition coefficient (Wildman–Crippen LogP) is 4.38. The van der Waals surface area contributed by atoms with Crippen molar-refractivity contribution in [3.8, 4) is 0 Å². The summed E-state index contributed by atoms with van der Waals surface area (Å²) in [6.45, 7) is 7.33. The minimum Gasteiger partial charge on any atom is -0.376 e. The van der Waals surface area contributed by atoms with Gasteiger partial charge in [-0.15, -0.1) is 0 Å². The molecule has 170 valence electrons. The third-order valence-corrected chi connectivity index (χ3v) is 6.48. The summed E-state index contributed by atoms with van der Waals surface area (Å²) in [6.07, 6.45) is 9.26. The molecule has 1 unspecified atom stereocenters. The van der Waals surface area contributed by atoms with Crippen molar-refractivity contribution in [1.29, 1.82) is 0 Å². The number of rotatable bonds is 7. The van der Waals surface area contributed by atoms with E-state index >= 15 is 0 Å². The number of hydrogen-bond acceptors (Lipinski definition) is 3. The van der Waals surface area contributed by atoms with Gasteiger partial charge in [0.2, 0.25) is 0 Å². The van der Waals surface area contributed by atoms with Gasteiger partial charge in [0.15, 0.2) is 5.96 Å². The monoisotopic (exact) mass is 446 g/mol. The highest BCUT2D eigenvalue weighted by molar-refractivity contribution is 6.31. The Kier molecular flexibility index (Phi) is 8.11. The van der Waals surface area contributed by atoms with Crippen LogP contribution in [0.15, 0.2) is 29.4 Å². The number of piperidine rings is 1. The molecule has 2 aliphatic heterocycles. The van der Waals surface area contributed by atoms with Crippen molar-refractivity contribution in [2.24, 2.45) is 4.99 Å². The Morgan fingerprint density at radius 1 is 1.29 bits per heavy atom. The zero-order valence-corrected chi connectivity index (χ0v) is 19.3. The van der Waals surface area contributed by atoms with E-state index in [2.05, 4.69) is 28.3 Å². The number of halogens is 1. The lowest BCUT2D eigenvalue weighted by molar-refractivity contribution is -0.0721. The van der Waals surface area contributed by atoms with Gasteiger partial charge in [-0.3, -0.25) is 4.99 Å². The van der Waals surface area contributed by atoms with E-state index in [0.29, 0.717) is 12.2 Å². The van der Waals surface area contributed by atoms with Gasteiger partial charge in [0.25, 0.3) is 0 Å². The standard InChI is InChI=1S/C24H35ClN4O2/c1-2-26-24(27-11-8-18-16-28-23-7-6-19(25)15-22(18)23)29-12-9-20(10-13-29)31-17-21-5-3-4-14-30-21/h6-7,15-16,20-21,28H,2-5,8-14,17H2,1H3,(H,26,27). The maximum atomic E-state index is 6.18. The number of hydrogen-bond donors (Lipinski definition) is 2. The number of guanidine groups is 1. The molecule has 1 aromatic carbocycles. The Hall–Kier alpha value is -1.76. The zero-order chi connectivity index (χ0) is 21.5. The molecule has 4 rings (SSSR count). The van der Waals surface area contributed by atoms with E-state index < -0.39 is 0 Å². The molecule has 0 amide bonds. The lowest BCUT2D eigenvalue weighted by atomic mass is 10.1. The molecule has 6 nitrogen and oxygen atoms in total. The number of benzene rings is 1. The van der Waals surface area contributed by atoms with Gasteiger partial charge in [0.05, 0.1) is 18.8 Å². The Balaban J connectivity index is 1.27. The maximum absolute atomic E-state index is 6.18. The highest BCUT2D eigenvalue weighted by Gasteiger charge is 2.23. The van der Waals surface area contributed by atoms with Gasteiger partial charge in [-0.1, -0.05) is 11.6 Å². The summed E-state index contributed by atoms with van der Waals surface area (Å²) in [5, 5.41) is 5.42. The third-order valence-electron chi connectivity index (χ3n) is 6.24. The van der Waals surface area contributed by atoms with Crippen molar-refractivity contribution in [3.63, 3.8) is 0 Å². The third kappa shape index (κ3) is 6.15. The number of H-pyrrole nitrogens is 1. The second-order valence-corrected chi connectivity index (χ2v) is 8.93. The number of aromatic amines is 1. The normalized spacial score (nSPS) is 21.0. The highest BCUT2D eigenvalue weighted by atomic mass is 35.5. The summed E-state index contributed by atoms with van der Waals surface area (Å²) in [6, 6.07) is 5.98. The molecule has 2 N–H and O–H groups in total. The van der Waals surface area contributed by atoms with Crippen LogP contribution < -0.4 is 5.32 Å². The van der Waals surface area contributed by atoms with Crippen LogP contribution in [0.1, 0.15) is 44.6 Å². The van der Waals surface area contributed by atoms with Crippen LogP contribution in [0.4, 0.5) is 0 Å². The average molecular weight is 447 g/mol. The van der Waals surface area contributed by atoms with Crippen LogP contribution in [0.25, 0.3) is 10.9 Å². The topological polar surface area (TPSA) is 61.9 Å². The number of aromatic nitrogens is 1. The fraction of sp³-hybridized carbons (Fsp3) is 0.625. The Morgan fingerprint density at radius 2 is 2.16 bits per heavy atom. The van der Waals surface area contributed by atoms with Gasteiger partial charge < -0.3 is 24.7 Å². The van der Waals surface area contributed by atoms with Crippen LogP contribution in [-0.4, -0.2) is 67.4 Å². The molecule has 0 saturated carbocycles. The molecule has 0 spiro atoms. The van der Waals surface area contributed by atoms with E-state index in [1.54, 1.807) is 0 Å². The number of fused-ring (bicyclic) bond motifs is 1. The lowest BCUT2D eigenvalue weighted by Crippen LogP contribution is -2.47. The van der Waals surface area contributed by atoms with Gasteiger partial charge in [-0.25, -0.2) is 0 Å². The first-order valence-corrected chi connectivity index (χ1v) is 12.1. The second-order valence-electron chi connectivity index (χ2n) is 8.50. The summed E-state index contributed by atoms with van der Waals surface area (Å²) in [5.41, 5.74) is 2.38. The molecule has 31 heavy (non-hydrogen) atoms. The molecule has 3 heterocycles. The van der Waals surface area contributed by atoms with Crippen LogP contribution in [0.2, 0.25) is 5.02 Å². The van der Waals surface area contributed by atoms with E-state index in [1.165, 1.54) is 23.8 Å². The van der Waals surface area contributed by atoms with Crippen LogP contribution in [-0.2, 0) is 15.9 Å². The van der Waals surface area contributed by atoms with Crippen molar-refractivity contribution in [3.05, 3.63) is 35.0 Å². The highest BCUT2D eigenvalue weighted by Crippen LogP contribution is 2.23. The van der Waals surface area contributed by atoms with Crippen LogP contribution in [0.3, 0.4) is 0 Å². The van der Waals surface area contributed by atoms with Gasteiger partial charge in [0.1, 0.15) is 0 Å². The molecular formula is C24H35ClN4O2. The summed E-state index contributed by atoms with van der Waals surface area (Å²) >= 11 is 6.18. The smallest absolute Gasteiger partial charge is 0.193 e. The number of nitrogens with one attached hydrogen (secondary N) is 2. The van der Waals surface area contributed by atoms with Crippen molar-refractivity contribution in [1.82, 2.24) is 15.2 Å². The van der Waals surface area contributed by atoms with E-state index in [9.17, 15) is 0 Å². The molecule has 1 aromatic heterocycles. The van der Waals surface area contributed by atoms with E-state index in [4.69, 9.17) is 26.1 Å². The molecule has 0 radical (unpaired) electrons. The Morgan fingerprint density at radius 3 is 2.94 bits per heavy atom. The van der Waals surface area contributed by atoms with Gasteiger partial charge in [0, 0.05) is 54.9 Å².